The third-order valence-corrected chi connectivity index (χ3v) is 4.17. The fraction of sp³-hybridized carbons (Fsp3) is 0.462. The molecule has 1 N–H and O–H groups in total. The molecule has 0 aliphatic heterocycles. The van der Waals surface area contributed by atoms with Gasteiger partial charge in [-0.25, -0.2) is 4.98 Å². The van der Waals surface area contributed by atoms with Crippen LogP contribution >= 0.6 is 11.3 Å². The van der Waals surface area contributed by atoms with Gasteiger partial charge in [-0.2, -0.15) is 0 Å². The summed E-state index contributed by atoms with van der Waals surface area (Å²) in [6.07, 6.45) is 5.85. The van der Waals surface area contributed by atoms with Gasteiger partial charge in [-0.3, -0.25) is 0 Å². The Bertz CT molecular complexity index is 491. The molecule has 1 aliphatic carbocycles. The first kappa shape index (κ1) is 10.1. The molecule has 0 amide bonds. The Labute approximate surface area is 99.7 Å². The molecule has 1 fully saturated rings. The van der Waals surface area contributed by atoms with Gasteiger partial charge in [-0.15, -0.1) is 11.3 Å². The Kier molecular flexibility index (Phi) is 2.56. The second-order valence-corrected chi connectivity index (χ2v) is 5.47. The van der Waals surface area contributed by atoms with Gasteiger partial charge in [0.15, 0.2) is 0 Å². The van der Waals surface area contributed by atoms with Gasteiger partial charge >= 0.3 is 0 Å². The molecule has 1 saturated carbocycles. The Morgan fingerprint density at radius 1 is 1.50 bits per heavy atom. The molecule has 2 heterocycles. The van der Waals surface area contributed by atoms with E-state index in [9.17, 15) is 0 Å². The van der Waals surface area contributed by atoms with E-state index < -0.39 is 0 Å². The van der Waals surface area contributed by atoms with Crippen LogP contribution in [0.3, 0.4) is 0 Å². The SMILES string of the molecule is CCCC1CC1Nc1nccc2sccc12. The number of fused-ring (bicyclic) bond motifs is 1. The average Bonchev–Trinajstić information content (AvgIpc) is 2.83. The molecule has 0 saturated heterocycles. The number of nitrogens with one attached hydrogen (secondary N) is 1. The van der Waals surface area contributed by atoms with Crippen LogP contribution in [-0.2, 0) is 0 Å². The number of pyridine rings is 1. The van der Waals surface area contributed by atoms with Crippen LogP contribution in [0.4, 0.5) is 5.82 Å². The second kappa shape index (κ2) is 4.06. The molecule has 2 aromatic rings. The van der Waals surface area contributed by atoms with Gasteiger partial charge in [0.25, 0.3) is 0 Å². The van der Waals surface area contributed by atoms with Gasteiger partial charge < -0.3 is 5.32 Å². The lowest BCUT2D eigenvalue weighted by Gasteiger charge is -2.05. The minimum absolute atomic E-state index is 0.665. The van der Waals surface area contributed by atoms with Gasteiger partial charge in [-0.1, -0.05) is 13.3 Å². The topological polar surface area (TPSA) is 24.9 Å². The molecular weight excluding hydrogens is 216 g/mol. The Morgan fingerprint density at radius 2 is 2.44 bits per heavy atom. The molecule has 1 aliphatic rings. The predicted octanol–water partition coefficient (Wildman–Crippen LogP) is 3.90. The maximum Gasteiger partial charge on any atom is 0.134 e. The van der Waals surface area contributed by atoms with E-state index in [0.717, 1.165) is 11.7 Å². The maximum atomic E-state index is 4.45. The molecule has 0 aromatic carbocycles. The number of thiophene rings is 1. The zero-order valence-corrected chi connectivity index (χ0v) is 10.3. The third-order valence-electron chi connectivity index (χ3n) is 3.28. The maximum absolute atomic E-state index is 4.45. The molecule has 3 heteroatoms. The van der Waals surface area contributed by atoms with Crippen molar-refractivity contribution in [3.05, 3.63) is 23.7 Å². The first-order valence-electron chi connectivity index (χ1n) is 5.97. The van der Waals surface area contributed by atoms with E-state index in [0.29, 0.717) is 6.04 Å². The van der Waals surface area contributed by atoms with E-state index in [2.05, 4.69) is 34.7 Å². The first-order valence-corrected chi connectivity index (χ1v) is 6.85. The van der Waals surface area contributed by atoms with E-state index >= 15 is 0 Å². The zero-order chi connectivity index (χ0) is 11.0. The number of hydrogen-bond donors (Lipinski definition) is 1. The molecule has 84 valence electrons. The van der Waals surface area contributed by atoms with Crippen LogP contribution in [-0.4, -0.2) is 11.0 Å². The molecule has 3 rings (SSSR count). The van der Waals surface area contributed by atoms with Crippen molar-refractivity contribution in [2.45, 2.75) is 32.2 Å². The molecular formula is C13H16N2S. The summed E-state index contributed by atoms with van der Waals surface area (Å²) in [6.45, 7) is 2.26. The van der Waals surface area contributed by atoms with Crippen molar-refractivity contribution in [2.24, 2.45) is 5.92 Å². The summed E-state index contributed by atoms with van der Waals surface area (Å²) >= 11 is 1.78. The highest BCUT2D eigenvalue weighted by molar-refractivity contribution is 7.17. The van der Waals surface area contributed by atoms with Gasteiger partial charge in [-0.05, 0) is 36.3 Å². The first-order chi connectivity index (χ1) is 7.88. The van der Waals surface area contributed by atoms with Crippen molar-refractivity contribution in [1.29, 1.82) is 0 Å². The lowest BCUT2D eigenvalue weighted by Crippen LogP contribution is -2.06. The quantitative estimate of drug-likeness (QED) is 0.865. The van der Waals surface area contributed by atoms with Gasteiger partial charge in [0, 0.05) is 22.3 Å². The van der Waals surface area contributed by atoms with Crippen molar-refractivity contribution < 1.29 is 0 Å². The van der Waals surface area contributed by atoms with Crippen molar-refractivity contribution in [2.75, 3.05) is 5.32 Å². The van der Waals surface area contributed by atoms with Gasteiger partial charge in [0.05, 0.1) is 0 Å². The standard InChI is InChI=1S/C13H16N2S/c1-2-3-9-8-11(9)15-13-10-5-7-16-12(10)4-6-14-13/h4-7,9,11H,2-3,8H2,1H3,(H,14,15). The third kappa shape index (κ3) is 1.80. The monoisotopic (exact) mass is 232 g/mol. The van der Waals surface area contributed by atoms with Crippen LogP contribution < -0.4 is 5.32 Å². The zero-order valence-electron chi connectivity index (χ0n) is 9.44. The summed E-state index contributed by atoms with van der Waals surface area (Å²) < 4.78 is 1.32. The molecule has 2 unspecified atom stereocenters. The highest BCUT2D eigenvalue weighted by atomic mass is 32.1. The smallest absolute Gasteiger partial charge is 0.134 e. The van der Waals surface area contributed by atoms with Gasteiger partial charge in [0.1, 0.15) is 5.82 Å². The molecule has 16 heavy (non-hydrogen) atoms. The van der Waals surface area contributed by atoms with E-state index in [1.807, 2.05) is 6.20 Å². The highest BCUT2D eigenvalue weighted by Gasteiger charge is 2.36. The van der Waals surface area contributed by atoms with Crippen molar-refractivity contribution in [3.8, 4) is 0 Å². The van der Waals surface area contributed by atoms with Crippen molar-refractivity contribution in [3.63, 3.8) is 0 Å². The number of hydrogen-bond acceptors (Lipinski definition) is 3. The van der Waals surface area contributed by atoms with Gasteiger partial charge in [0.2, 0.25) is 0 Å². The molecule has 0 bridgehead atoms. The number of anilines is 1. The minimum atomic E-state index is 0.665. The second-order valence-electron chi connectivity index (χ2n) is 4.53. The number of aromatic nitrogens is 1. The summed E-state index contributed by atoms with van der Waals surface area (Å²) in [6, 6.07) is 4.91. The molecule has 0 radical (unpaired) electrons. The van der Waals surface area contributed by atoms with E-state index in [4.69, 9.17) is 0 Å². The highest BCUT2D eigenvalue weighted by Crippen LogP contribution is 2.38. The van der Waals surface area contributed by atoms with Crippen LogP contribution in [0.15, 0.2) is 23.7 Å². The average molecular weight is 232 g/mol. The van der Waals surface area contributed by atoms with E-state index in [-0.39, 0.29) is 0 Å². The van der Waals surface area contributed by atoms with Crippen LogP contribution in [0.5, 0.6) is 0 Å². The minimum Gasteiger partial charge on any atom is -0.367 e. The Morgan fingerprint density at radius 3 is 3.31 bits per heavy atom. The lowest BCUT2D eigenvalue weighted by molar-refractivity contribution is 0.692. The summed E-state index contributed by atoms with van der Waals surface area (Å²) in [5.41, 5.74) is 0. The van der Waals surface area contributed by atoms with E-state index in [1.165, 1.54) is 29.3 Å². The van der Waals surface area contributed by atoms with Crippen LogP contribution in [0.2, 0.25) is 0 Å². The molecule has 2 aromatic heterocycles. The van der Waals surface area contributed by atoms with Crippen molar-refractivity contribution in [1.82, 2.24) is 4.98 Å². The number of nitrogens with zero attached hydrogens (tertiary/aromatic N) is 1. The Hall–Kier alpha value is -1.09. The summed E-state index contributed by atoms with van der Waals surface area (Å²) in [5.74, 6) is 1.95. The predicted molar refractivity (Wildman–Crippen MR) is 70.0 cm³/mol. The van der Waals surface area contributed by atoms with Crippen LogP contribution in [0.25, 0.3) is 10.1 Å². The summed E-state index contributed by atoms with van der Waals surface area (Å²) in [5, 5.41) is 6.98. The fourth-order valence-corrected chi connectivity index (χ4v) is 3.08. The molecule has 0 spiro atoms. The number of rotatable bonds is 4. The summed E-state index contributed by atoms with van der Waals surface area (Å²) in [7, 11) is 0. The normalized spacial score (nSPS) is 23.6. The van der Waals surface area contributed by atoms with Crippen LogP contribution in [0, 0.1) is 5.92 Å². The Balaban J connectivity index is 1.77. The molecule has 2 atom stereocenters. The van der Waals surface area contributed by atoms with E-state index in [1.54, 1.807) is 11.3 Å². The lowest BCUT2D eigenvalue weighted by atomic mass is 10.2. The van der Waals surface area contributed by atoms with Crippen molar-refractivity contribution >= 4 is 27.2 Å². The largest absolute Gasteiger partial charge is 0.367 e. The van der Waals surface area contributed by atoms with Crippen LogP contribution in [0.1, 0.15) is 26.2 Å². The molecule has 2 nitrogen and oxygen atoms in total. The summed E-state index contributed by atoms with van der Waals surface area (Å²) in [4.78, 5) is 4.45. The fourth-order valence-electron chi connectivity index (χ4n) is 2.30.